The number of piperazine rings is 1. The average molecular weight is 252 g/mol. The highest BCUT2D eigenvalue weighted by Gasteiger charge is 2.28. The predicted octanol–water partition coefficient (Wildman–Crippen LogP) is -1.27. The fourth-order valence-corrected chi connectivity index (χ4v) is 2.13. The number of likely N-dealkylation sites (N-methyl/N-ethyl adjacent to an activating group) is 1. The average Bonchev–Trinajstić information content (AvgIpc) is 2.76. The molecule has 0 aromatic carbocycles. The number of rotatable bonds is 4. The van der Waals surface area contributed by atoms with Gasteiger partial charge in [0.1, 0.15) is 18.2 Å². The molecule has 1 aromatic heterocycles. The zero-order valence-corrected chi connectivity index (χ0v) is 10.9. The lowest BCUT2D eigenvalue weighted by Crippen LogP contribution is -2.57. The van der Waals surface area contributed by atoms with Crippen molar-refractivity contribution in [3.05, 3.63) is 12.2 Å². The number of aromatic nitrogens is 3. The van der Waals surface area contributed by atoms with Crippen molar-refractivity contribution < 1.29 is 4.79 Å². The van der Waals surface area contributed by atoms with Gasteiger partial charge in [-0.3, -0.25) is 14.4 Å². The Hall–Kier alpha value is -1.47. The van der Waals surface area contributed by atoms with Crippen LogP contribution in [0.1, 0.15) is 12.7 Å². The van der Waals surface area contributed by atoms with E-state index in [1.54, 1.807) is 11.0 Å². The van der Waals surface area contributed by atoms with E-state index in [4.69, 9.17) is 0 Å². The smallest absolute Gasteiger partial charge is 0.238 e. The lowest BCUT2D eigenvalue weighted by Gasteiger charge is -2.34. The molecule has 2 heterocycles. The maximum Gasteiger partial charge on any atom is 0.238 e. The van der Waals surface area contributed by atoms with Crippen LogP contribution in [0.4, 0.5) is 0 Å². The summed E-state index contributed by atoms with van der Waals surface area (Å²) in [6.45, 7) is 5.67. The van der Waals surface area contributed by atoms with Gasteiger partial charge < -0.3 is 10.6 Å². The second-order valence-electron chi connectivity index (χ2n) is 4.38. The van der Waals surface area contributed by atoms with Crippen molar-refractivity contribution in [2.24, 2.45) is 7.05 Å². The Morgan fingerprint density at radius 2 is 2.50 bits per heavy atom. The number of carbonyl (C=O) groups excluding carboxylic acids is 1. The van der Waals surface area contributed by atoms with E-state index in [-0.39, 0.29) is 11.9 Å². The van der Waals surface area contributed by atoms with E-state index in [0.717, 1.165) is 18.9 Å². The molecule has 1 aliphatic rings. The maximum atomic E-state index is 12.0. The van der Waals surface area contributed by atoms with E-state index in [2.05, 4.69) is 25.6 Å². The lowest BCUT2D eigenvalue weighted by atomic mass is 10.1. The van der Waals surface area contributed by atoms with E-state index < -0.39 is 0 Å². The zero-order valence-electron chi connectivity index (χ0n) is 10.9. The molecule has 0 radical (unpaired) electrons. The molecule has 1 unspecified atom stereocenters. The van der Waals surface area contributed by atoms with Gasteiger partial charge in [0.15, 0.2) is 0 Å². The Bertz CT molecular complexity index is 404. The van der Waals surface area contributed by atoms with Crippen LogP contribution in [0.5, 0.6) is 0 Å². The van der Waals surface area contributed by atoms with E-state index in [1.165, 1.54) is 0 Å². The Morgan fingerprint density at radius 1 is 1.67 bits per heavy atom. The highest BCUT2D eigenvalue weighted by molar-refractivity contribution is 5.82. The minimum Gasteiger partial charge on any atom is -0.355 e. The van der Waals surface area contributed by atoms with Gasteiger partial charge in [-0.1, -0.05) is 0 Å². The summed E-state index contributed by atoms with van der Waals surface area (Å²) in [5.41, 5.74) is 0. The predicted molar refractivity (Wildman–Crippen MR) is 66.8 cm³/mol. The first-order valence-electron chi connectivity index (χ1n) is 6.27. The van der Waals surface area contributed by atoms with Gasteiger partial charge in [0, 0.05) is 33.2 Å². The summed E-state index contributed by atoms with van der Waals surface area (Å²) in [5, 5.41) is 10.2. The summed E-state index contributed by atoms with van der Waals surface area (Å²) in [4.78, 5) is 18.3. The fourth-order valence-electron chi connectivity index (χ4n) is 2.13. The summed E-state index contributed by atoms with van der Waals surface area (Å²) in [6, 6.07) is -0.129. The van der Waals surface area contributed by atoms with Crippen molar-refractivity contribution in [3.63, 3.8) is 0 Å². The molecule has 0 saturated carbocycles. The van der Waals surface area contributed by atoms with Crippen LogP contribution in [-0.2, 0) is 18.4 Å². The molecule has 18 heavy (non-hydrogen) atoms. The monoisotopic (exact) mass is 252 g/mol. The summed E-state index contributed by atoms with van der Waals surface area (Å²) in [6.07, 6.45) is 1.54. The van der Waals surface area contributed by atoms with Crippen LogP contribution in [0.2, 0.25) is 0 Å². The number of hydrogen-bond donors (Lipinski definition) is 2. The van der Waals surface area contributed by atoms with E-state index in [1.807, 2.05) is 14.0 Å². The number of carbonyl (C=O) groups is 1. The fraction of sp³-hybridized carbons (Fsp3) is 0.727. The number of amides is 1. The highest BCUT2D eigenvalue weighted by Crippen LogP contribution is 2.08. The largest absolute Gasteiger partial charge is 0.355 e. The van der Waals surface area contributed by atoms with Crippen molar-refractivity contribution in [2.75, 3.05) is 26.2 Å². The molecule has 2 rings (SSSR count). The quantitative estimate of drug-likeness (QED) is 0.698. The molecule has 2 N–H and O–H groups in total. The minimum atomic E-state index is -0.129. The van der Waals surface area contributed by atoms with Gasteiger partial charge in [-0.05, 0) is 6.92 Å². The van der Waals surface area contributed by atoms with Crippen LogP contribution in [0.15, 0.2) is 6.33 Å². The van der Waals surface area contributed by atoms with Crippen LogP contribution >= 0.6 is 0 Å². The maximum absolute atomic E-state index is 12.0. The summed E-state index contributed by atoms with van der Waals surface area (Å²) in [5.74, 6) is 0.957. The van der Waals surface area contributed by atoms with Crippen molar-refractivity contribution in [2.45, 2.75) is 19.5 Å². The molecule has 1 fully saturated rings. The van der Waals surface area contributed by atoms with Crippen molar-refractivity contribution in [1.29, 1.82) is 0 Å². The van der Waals surface area contributed by atoms with Crippen molar-refractivity contribution >= 4 is 5.91 Å². The van der Waals surface area contributed by atoms with Crippen molar-refractivity contribution in [3.8, 4) is 0 Å². The summed E-state index contributed by atoms with van der Waals surface area (Å²) in [7, 11) is 1.87. The first-order chi connectivity index (χ1) is 8.72. The normalized spacial score (nSPS) is 20.9. The molecule has 0 spiro atoms. The molecule has 0 bridgehead atoms. The number of nitrogens with zero attached hydrogens (tertiary/aromatic N) is 4. The minimum absolute atomic E-state index is 0.0758. The van der Waals surface area contributed by atoms with E-state index in [9.17, 15) is 4.79 Å². The van der Waals surface area contributed by atoms with Gasteiger partial charge in [0.25, 0.3) is 0 Å². The molecule has 1 atom stereocenters. The van der Waals surface area contributed by atoms with E-state index in [0.29, 0.717) is 19.6 Å². The number of aryl methyl sites for hydroxylation is 1. The molecule has 1 aromatic rings. The Balaban J connectivity index is 2.04. The standard InChI is InChI=1S/C11H20N6O/c1-3-13-11(18)9-6-12-4-5-17(9)7-10-14-8-15-16(10)2/h8-9,12H,3-7H2,1-2H3,(H,13,18). The molecule has 0 aliphatic carbocycles. The molecule has 1 aliphatic heterocycles. The molecule has 7 nitrogen and oxygen atoms in total. The molecule has 1 saturated heterocycles. The second-order valence-corrected chi connectivity index (χ2v) is 4.38. The van der Waals surface area contributed by atoms with Crippen molar-refractivity contribution in [1.82, 2.24) is 30.3 Å². The molecular formula is C11H20N6O. The van der Waals surface area contributed by atoms with Crippen LogP contribution in [0, 0.1) is 0 Å². The third-order valence-corrected chi connectivity index (χ3v) is 3.16. The highest BCUT2D eigenvalue weighted by atomic mass is 16.2. The van der Waals surface area contributed by atoms with E-state index >= 15 is 0 Å². The zero-order chi connectivity index (χ0) is 13.0. The number of nitrogens with one attached hydrogen (secondary N) is 2. The summed E-state index contributed by atoms with van der Waals surface area (Å²) < 4.78 is 1.75. The van der Waals surface area contributed by atoms with Gasteiger partial charge >= 0.3 is 0 Å². The van der Waals surface area contributed by atoms with Crippen LogP contribution in [0.25, 0.3) is 0 Å². The number of hydrogen-bond acceptors (Lipinski definition) is 5. The van der Waals surface area contributed by atoms with Gasteiger partial charge in [0.2, 0.25) is 5.91 Å². The van der Waals surface area contributed by atoms with Crippen LogP contribution in [0.3, 0.4) is 0 Å². The van der Waals surface area contributed by atoms with Gasteiger partial charge in [-0.2, -0.15) is 5.10 Å². The first-order valence-corrected chi connectivity index (χ1v) is 6.27. The molecule has 100 valence electrons. The van der Waals surface area contributed by atoms with Crippen LogP contribution < -0.4 is 10.6 Å². The Kier molecular flexibility index (Phi) is 4.27. The SMILES string of the molecule is CCNC(=O)C1CNCCN1Cc1ncnn1C. The second kappa shape index (κ2) is 5.92. The lowest BCUT2D eigenvalue weighted by molar-refractivity contribution is -0.127. The summed E-state index contributed by atoms with van der Waals surface area (Å²) >= 11 is 0. The third-order valence-electron chi connectivity index (χ3n) is 3.16. The first kappa shape index (κ1) is 13.0. The molecule has 7 heteroatoms. The van der Waals surface area contributed by atoms with Crippen LogP contribution in [-0.4, -0.2) is 57.8 Å². The molecular weight excluding hydrogens is 232 g/mol. The Morgan fingerprint density at radius 3 is 3.17 bits per heavy atom. The van der Waals surface area contributed by atoms with Gasteiger partial charge in [-0.15, -0.1) is 0 Å². The molecule has 1 amide bonds. The topological polar surface area (TPSA) is 75.1 Å². The van der Waals surface area contributed by atoms with Gasteiger partial charge in [0.05, 0.1) is 6.54 Å². The Labute approximate surface area is 107 Å². The third kappa shape index (κ3) is 2.85. The van der Waals surface area contributed by atoms with Gasteiger partial charge in [-0.25, -0.2) is 4.98 Å².